The van der Waals surface area contributed by atoms with Crippen molar-refractivity contribution in [2.75, 3.05) is 0 Å². The fourth-order valence-electron chi connectivity index (χ4n) is 5.32. The predicted molar refractivity (Wildman–Crippen MR) is 163 cm³/mol. The molecule has 0 saturated heterocycles. The van der Waals surface area contributed by atoms with Crippen molar-refractivity contribution in [3.05, 3.63) is 131 Å². The molecule has 5 aromatic carbocycles. The second-order valence-corrected chi connectivity index (χ2v) is 11.2. The zero-order chi connectivity index (χ0) is 36.4. The summed E-state index contributed by atoms with van der Waals surface area (Å²) < 4.78 is 165. The van der Waals surface area contributed by atoms with Crippen LogP contribution in [0.2, 0.25) is 0 Å². The Labute approximate surface area is 278 Å². The van der Waals surface area contributed by atoms with E-state index in [9.17, 15) is 30.7 Å². The maximum Gasteiger partial charge on any atom is 0.573 e. The quantitative estimate of drug-likeness (QED) is 0.100. The molecule has 0 amide bonds. The number of rotatable bonds is 11. The minimum atomic E-state index is -5.18. The number of hydrogen-bond acceptors (Lipinski definition) is 2. The van der Waals surface area contributed by atoms with Crippen molar-refractivity contribution in [2.45, 2.75) is 45.1 Å². The van der Waals surface area contributed by atoms with Crippen LogP contribution < -0.4 is 9.47 Å². The molecule has 13 heteroatoms. The molecule has 0 unspecified atom stereocenters. The third-order valence-corrected chi connectivity index (χ3v) is 7.68. The van der Waals surface area contributed by atoms with E-state index in [-0.39, 0.29) is 16.7 Å². The fraction of sp³-hybridized carbons (Fsp3) is 0.189. The minimum absolute atomic E-state index is 0.0306. The highest BCUT2D eigenvalue weighted by Crippen LogP contribution is 2.40. The van der Waals surface area contributed by atoms with Crippen LogP contribution in [0.15, 0.2) is 84.9 Å². The summed E-state index contributed by atoms with van der Waals surface area (Å²) in [5.41, 5.74) is -2.41. The van der Waals surface area contributed by atoms with Crippen LogP contribution in [0.25, 0.3) is 33.4 Å². The third kappa shape index (κ3) is 8.20. The van der Waals surface area contributed by atoms with E-state index in [0.717, 1.165) is 49.4 Å². The standard InChI is InChI=1S/C37H25F11O2/c1-2-3-4-5-20-6-8-21(9-7-20)24-16-31(42)35(32(43)17-24)36(44,45)49-25-18-29(40)34(30(41)19-25)23-10-12-26(27(38)15-23)22-11-13-33(28(39)14-22)50-37(46,47)48/h6-19H,2-5H2,1H3. The van der Waals surface area contributed by atoms with E-state index in [1.165, 1.54) is 0 Å². The highest BCUT2D eigenvalue weighted by molar-refractivity contribution is 5.72. The highest BCUT2D eigenvalue weighted by atomic mass is 19.4. The van der Waals surface area contributed by atoms with Gasteiger partial charge in [-0.15, -0.1) is 13.2 Å². The molecule has 0 aliphatic rings. The van der Waals surface area contributed by atoms with Gasteiger partial charge in [0.2, 0.25) is 0 Å². The molecule has 0 bridgehead atoms. The average molecular weight is 711 g/mol. The van der Waals surface area contributed by atoms with Gasteiger partial charge in [0, 0.05) is 17.7 Å². The number of ether oxygens (including phenoxy) is 2. The van der Waals surface area contributed by atoms with Gasteiger partial charge >= 0.3 is 12.5 Å². The molecule has 0 aliphatic carbocycles. The molecular formula is C37H25F11O2. The van der Waals surface area contributed by atoms with Crippen molar-refractivity contribution in [1.29, 1.82) is 0 Å². The summed E-state index contributed by atoms with van der Waals surface area (Å²) in [5.74, 6) is -11.3. The number of halogens is 11. The van der Waals surface area contributed by atoms with E-state index in [4.69, 9.17) is 0 Å². The second-order valence-electron chi connectivity index (χ2n) is 11.2. The van der Waals surface area contributed by atoms with Gasteiger partial charge in [0.15, 0.2) is 11.6 Å². The summed E-state index contributed by atoms with van der Waals surface area (Å²) in [6.45, 7) is 2.06. The first-order chi connectivity index (χ1) is 23.6. The van der Waals surface area contributed by atoms with Gasteiger partial charge in [0.25, 0.3) is 0 Å². The summed E-state index contributed by atoms with van der Waals surface area (Å²) in [5, 5.41) is 0. The van der Waals surface area contributed by atoms with E-state index in [1.807, 2.05) is 0 Å². The van der Waals surface area contributed by atoms with Gasteiger partial charge < -0.3 is 9.47 Å². The molecule has 0 N–H and O–H groups in total. The SMILES string of the molecule is CCCCCc1ccc(-c2cc(F)c(C(F)(F)Oc3cc(F)c(-c4ccc(-c5ccc(OC(F)(F)F)c(F)c5)c(F)c4)c(F)c3)c(F)c2)cc1. The number of unbranched alkanes of at least 4 members (excludes halogenated alkanes) is 2. The van der Waals surface area contributed by atoms with Crippen molar-refractivity contribution in [1.82, 2.24) is 0 Å². The van der Waals surface area contributed by atoms with E-state index < -0.39 is 75.6 Å². The van der Waals surface area contributed by atoms with Crippen LogP contribution in [-0.4, -0.2) is 6.36 Å². The van der Waals surface area contributed by atoms with Crippen molar-refractivity contribution < 1.29 is 57.8 Å². The van der Waals surface area contributed by atoms with Crippen LogP contribution in [0.5, 0.6) is 11.5 Å². The van der Waals surface area contributed by atoms with Crippen molar-refractivity contribution in [2.24, 2.45) is 0 Å². The zero-order valence-corrected chi connectivity index (χ0v) is 25.9. The van der Waals surface area contributed by atoms with Crippen LogP contribution in [0.1, 0.15) is 37.3 Å². The minimum Gasteiger partial charge on any atom is -0.429 e. The Morgan fingerprint density at radius 3 is 1.64 bits per heavy atom. The second kappa shape index (κ2) is 14.4. The maximum atomic E-state index is 15.1. The molecule has 0 heterocycles. The Morgan fingerprint density at radius 1 is 0.520 bits per heavy atom. The van der Waals surface area contributed by atoms with Gasteiger partial charge in [-0.2, -0.15) is 8.78 Å². The third-order valence-electron chi connectivity index (χ3n) is 7.68. The van der Waals surface area contributed by atoms with Crippen LogP contribution in [0, 0.1) is 34.9 Å². The number of aryl methyl sites for hydroxylation is 1. The Balaban J connectivity index is 1.36. The van der Waals surface area contributed by atoms with Crippen molar-refractivity contribution in [3.63, 3.8) is 0 Å². The molecule has 0 fully saturated rings. The Hall–Kier alpha value is -5.07. The normalized spacial score (nSPS) is 11.9. The summed E-state index contributed by atoms with van der Waals surface area (Å²) >= 11 is 0. The molecule has 0 saturated carbocycles. The van der Waals surface area contributed by atoms with E-state index in [1.54, 1.807) is 24.3 Å². The van der Waals surface area contributed by atoms with Gasteiger partial charge in [-0.3, -0.25) is 0 Å². The van der Waals surface area contributed by atoms with Crippen LogP contribution >= 0.6 is 0 Å². The van der Waals surface area contributed by atoms with Gasteiger partial charge in [0.1, 0.15) is 40.4 Å². The lowest BCUT2D eigenvalue weighted by Gasteiger charge is -2.20. The van der Waals surface area contributed by atoms with E-state index in [2.05, 4.69) is 16.4 Å². The van der Waals surface area contributed by atoms with Gasteiger partial charge in [-0.05, 0) is 71.0 Å². The summed E-state index contributed by atoms with van der Waals surface area (Å²) in [6.07, 6.45) is -6.09. The van der Waals surface area contributed by atoms with Gasteiger partial charge in [0.05, 0.1) is 5.56 Å². The molecule has 0 spiro atoms. The molecule has 0 aromatic heterocycles. The molecule has 50 heavy (non-hydrogen) atoms. The van der Waals surface area contributed by atoms with Crippen molar-refractivity contribution in [3.8, 4) is 44.9 Å². The molecule has 2 nitrogen and oxygen atoms in total. The average Bonchev–Trinajstić information content (AvgIpc) is 3.01. The summed E-state index contributed by atoms with van der Waals surface area (Å²) in [6, 6.07) is 13.4. The Kier molecular flexibility index (Phi) is 10.4. The first-order valence-corrected chi connectivity index (χ1v) is 15.1. The molecular weight excluding hydrogens is 685 g/mol. The fourth-order valence-corrected chi connectivity index (χ4v) is 5.32. The van der Waals surface area contributed by atoms with Gasteiger partial charge in [-0.1, -0.05) is 62.2 Å². The predicted octanol–water partition coefficient (Wildman–Crippen LogP) is 12.3. The first kappa shape index (κ1) is 36.2. The zero-order valence-electron chi connectivity index (χ0n) is 25.9. The highest BCUT2D eigenvalue weighted by Gasteiger charge is 2.41. The monoisotopic (exact) mass is 710 g/mol. The first-order valence-electron chi connectivity index (χ1n) is 15.1. The Bertz CT molecular complexity index is 1960. The molecule has 0 radical (unpaired) electrons. The van der Waals surface area contributed by atoms with E-state index >= 15 is 17.6 Å². The number of benzene rings is 5. The molecule has 0 atom stereocenters. The lowest BCUT2D eigenvalue weighted by molar-refractivity contribution is -0.275. The van der Waals surface area contributed by atoms with Crippen LogP contribution in [0.3, 0.4) is 0 Å². The number of hydrogen-bond donors (Lipinski definition) is 0. The van der Waals surface area contributed by atoms with Gasteiger partial charge in [-0.25, -0.2) is 26.3 Å². The molecule has 262 valence electrons. The van der Waals surface area contributed by atoms with Crippen molar-refractivity contribution >= 4 is 0 Å². The van der Waals surface area contributed by atoms with Crippen LogP contribution in [0.4, 0.5) is 48.3 Å². The summed E-state index contributed by atoms with van der Waals surface area (Å²) in [7, 11) is 0. The lowest BCUT2D eigenvalue weighted by Crippen LogP contribution is -2.25. The Morgan fingerprint density at radius 2 is 1.08 bits per heavy atom. The molecule has 5 rings (SSSR count). The maximum absolute atomic E-state index is 15.1. The largest absolute Gasteiger partial charge is 0.573 e. The van der Waals surface area contributed by atoms with Crippen LogP contribution in [-0.2, 0) is 12.5 Å². The smallest absolute Gasteiger partial charge is 0.429 e. The summed E-state index contributed by atoms with van der Waals surface area (Å²) in [4.78, 5) is 0. The topological polar surface area (TPSA) is 18.5 Å². The van der Waals surface area contributed by atoms with E-state index in [0.29, 0.717) is 48.0 Å². The number of alkyl halides is 5. The molecule has 5 aromatic rings. The lowest BCUT2D eigenvalue weighted by atomic mass is 9.98. The molecule has 0 aliphatic heterocycles.